The predicted octanol–water partition coefficient (Wildman–Crippen LogP) is 6.78. The molecule has 6 nitrogen and oxygen atoms in total. The van der Waals surface area contributed by atoms with Crippen LogP contribution in [0.3, 0.4) is 0 Å². The van der Waals surface area contributed by atoms with Gasteiger partial charge in [0.05, 0.1) is 0 Å². The summed E-state index contributed by atoms with van der Waals surface area (Å²) in [5, 5.41) is 0. The lowest BCUT2D eigenvalue weighted by Crippen LogP contribution is -2.40. The van der Waals surface area contributed by atoms with Crippen molar-refractivity contribution < 1.29 is 23.9 Å². The van der Waals surface area contributed by atoms with Gasteiger partial charge in [-0.25, -0.2) is 4.79 Å². The minimum Gasteiger partial charge on any atom is -0.478 e. The van der Waals surface area contributed by atoms with E-state index in [0.29, 0.717) is 17.7 Å². The van der Waals surface area contributed by atoms with E-state index in [4.69, 9.17) is 15.2 Å². The van der Waals surface area contributed by atoms with Crippen molar-refractivity contribution in [3.8, 4) is 5.75 Å². The Morgan fingerprint density at radius 3 is 1.91 bits per heavy atom. The van der Waals surface area contributed by atoms with Crippen LogP contribution in [0.1, 0.15) is 122 Å². The summed E-state index contributed by atoms with van der Waals surface area (Å²) < 4.78 is 11.3. The second kappa shape index (κ2) is 18.0. The summed E-state index contributed by atoms with van der Waals surface area (Å²) in [5.41, 5.74) is 5.91. The molecule has 198 valence electrons. The van der Waals surface area contributed by atoms with Gasteiger partial charge in [-0.2, -0.15) is 0 Å². The van der Waals surface area contributed by atoms with Gasteiger partial charge in [0.2, 0.25) is 0 Å². The fourth-order valence-corrected chi connectivity index (χ4v) is 3.99. The van der Waals surface area contributed by atoms with Crippen molar-refractivity contribution >= 4 is 17.7 Å². The number of rotatable bonds is 20. The van der Waals surface area contributed by atoms with Crippen molar-refractivity contribution in [1.29, 1.82) is 0 Å². The number of Topliss-reactive ketones (excluding diaryl/α,β-unsaturated/α-hetero) is 1. The van der Waals surface area contributed by atoms with Gasteiger partial charge in [-0.3, -0.25) is 9.59 Å². The van der Waals surface area contributed by atoms with Crippen LogP contribution in [0.2, 0.25) is 0 Å². The molecule has 2 unspecified atom stereocenters. The quantitative estimate of drug-likeness (QED) is 0.124. The Morgan fingerprint density at radius 1 is 0.800 bits per heavy atom. The van der Waals surface area contributed by atoms with Crippen molar-refractivity contribution in [2.24, 2.45) is 11.7 Å². The van der Waals surface area contributed by atoms with Crippen molar-refractivity contribution in [1.82, 2.24) is 0 Å². The molecule has 35 heavy (non-hydrogen) atoms. The molecule has 1 amide bonds. The lowest BCUT2D eigenvalue weighted by molar-refractivity contribution is -0.163. The van der Waals surface area contributed by atoms with E-state index in [2.05, 4.69) is 13.8 Å². The van der Waals surface area contributed by atoms with Gasteiger partial charge in [-0.15, -0.1) is 0 Å². The van der Waals surface area contributed by atoms with Crippen LogP contribution in [-0.2, 0) is 14.3 Å². The zero-order valence-electron chi connectivity index (χ0n) is 22.4. The average Bonchev–Trinajstić information content (AvgIpc) is 2.84. The summed E-state index contributed by atoms with van der Waals surface area (Å²) in [6.45, 7) is 7.79. The smallest absolute Gasteiger partial charge is 0.348 e. The number of primary amides is 1. The first-order valence-electron chi connectivity index (χ1n) is 13.6. The molecule has 3 atom stereocenters. The highest BCUT2D eigenvalue weighted by molar-refractivity contribution is 5.96. The van der Waals surface area contributed by atoms with E-state index in [0.717, 1.165) is 32.1 Å². The third kappa shape index (κ3) is 12.8. The minimum absolute atomic E-state index is 0.0989. The normalized spacial score (nSPS) is 13.6. The average molecular weight is 490 g/mol. The highest BCUT2D eigenvalue weighted by Crippen LogP contribution is 2.23. The summed E-state index contributed by atoms with van der Waals surface area (Å²) in [5.74, 6) is -0.776. The van der Waals surface area contributed by atoms with E-state index in [1.807, 2.05) is 6.92 Å². The molecule has 0 aliphatic carbocycles. The van der Waals surface area contributed by atoms with Gasteiger partial charge in [0.15, 0.2) is 18.0 Å². The number of carbonyl (C=O) groups is 3. The number of ether oxygens (including phenoxy) is 2. The van der Waals surface area contributed by atoms with E-state index in [1.54, 1.807) is 24.3 Å². The Hall–Kier alpha value is -2.37. The first-order chi connectivity index (χ1) is 16.8. The second-order valence-electron chi connectivity index (χ2n) is 9.67. The molecule has 1 rings (SSSR count). The van der Waals surface area contributed by atoms with E-state index in [-0.39, 0.29) is 11.7 Å². The first kappa shape index (κ1) is 30.7. The van der Waals surface area contributed by atoms with E-state index < -0.39 is 24.1 Å². The van der Waals surface area contributed by atoms with E-state index >= 15 is 0 Å². The zero-order valence-corrected chi connectivity index (χ0v) is 22.4. The maximum atomic E-state index is 12.8. The Balaban J connectivity index is 2.74. The molecule has 0 fully saturated rings. The van der Waals surface area contributed by atoms with Crippen molar-refractivity contribution in [2.75, 3.05) is 0 Å². The van der Waals surface area contributed by atoms with Gasteiger partial charge in [-0.1, -0.05) is 85.0 Å². The summed E-state index contributed by atoms with van der Waals surface area (Å²) in [7, 11) is 0. The molecule has 1 aromatic carbocycles. The highest BCUT2D eigenvalue weighted by Gasteiger charge is 2.31. The second-order valence-corrected chi connectivity index (χ2v) is 9.67. The summed E-state index contributed by atoms with van der Waals surface area (Å²) in [6, 6.07) is 6.94. The number of esters is 1. The zero-order chi connectivity index (χ0) is 26.1. The van der Waals surface area contributed by atoms with Crippen LogP contribution in [0.15, 0.2) is 24.3 Å². The number of unbranched alkanes of at least 4 members (excludes halogenated alkanes) is 9. The third-order valence-corrected chi connectivity index (χ3v) is 6.40. The Morgan fingerprint density at radius 2 is 1.34 bits per heavy atom. The maximum absolute atomic E-state index is 12.8. The number of amides is 1. The molecule has 0 radical (unpaired) electrons. The fourth-order valence-electron chi connectivity index (χ4n) is 3.99. The Kier molecular flexibility index (Phi) is 15.7. The largest absolute Gasteiger partial charge is 0.478 e. The number of carbonyl (C=O) groups excluding carboxylic acids is 3. The summed E-state index contributed by atoms with van der Waals surface area (Å²) in [4.78, 5) is 36.7. The topological polar surface area (TPSA) is 95.7 Å². The lowest BCUT2D eigenvalue weighted by Gasteiger charge is -2.25. The molecule has 0 saturated carbocycles. The van der Waals surface area contributed by atoms with Gasteiger partial charge in [-0.05, 0) is 44.0 Å². The SMILES string of the molecule is CCCCCCCCC(C)C(Oc1ccc(C(=O)CCCCCCC)cc1)C(=O)O[C@@H](C)C(N)=O. The molecule has 0 aliphatic heterocycles. The van der Waals surface area contributed by atoms with Gasteiger partial charge in [0, 0.05) is 17.9 Å². The monoisotopic (exact) mass is 489 g/mol. The molecule has 0 spiro atoms. The maximum Gasteiger partial charge on any atom is 0.348 e. The van der Waals surface area contributed by atoms with E-state index in [1.165, 1.54) is 51.9 Å². The van der Waals surface area contributed by atoms with Crippen LogP contribution >= 0.6 is 0 Å². The molecule has 2 N–H and O–H groups in total. The molecule has 6 heteroatoms. The molecule has 0 heterocycles. The van der Waals surface area contributed by atoms with Crippen LogP contribution in [0, 0.1) is 5.92 Å². The van der Waals surface area contributed by atoms with E-state index in [9.17, 15) is 14.4 Å². The molecular formula is C29H47NO5. The molecule has 0 aliphatic rings. The Bertz CT molecular complexity index is 746. The van der Waals surface area contributed by atoms with Crippen LogP contribution in [0.4, 0.5) is 0 Å². The first-order valence-corrected chi connectivity index (χ1v) is 13.6. The highest BCUT2D eigenvalue weighted by atomic mass is 16.6. The fraction of sp³-hybridized carbons (Fsp3) is 0.690. The predicted molar refractivity (Wildman–Crippen MR) is 140 cm³/mol. The molecule has 1 aromatic rings. The third-order valence-electron chi connectivity index (χ3n) is 6.40. The van der Waals surface area contributed by atoms with Crippen LogP contribution in [0.25, 0.3) is 0 Å². The number of ketones is 1. The molecule has 0 bridgehead atoms. The van der Waals surface area contributed by atoms with Crippen molar-refractivity contribution in [3.63, 3.8) is 0 Å². The molecule has 0 saturated heterocycles. The van der Waals surface area contributed by atoms with Crippen LogP contribution in [0.5, 0.6) is 5.75 Å². The number of nitrogens with two attached hydrogens (primary N) is 1. The van der Waals surface area contributed by atoms with Gasteiger partial charge in [0.25, 0.3) is 5.91 Å². The minimum atomic E-state index is -1.02. The number of benzene rings is 1. The summed E-state index contributed by atoms with van der Waals surface area (Å²) in [6.07, 6.45) is 12.0. The van der Waals surface area contributed by atoms with Gasteiger partial charge in [0.1, 0.15) is 5.75 Å². The van der Waals surface area contributed by atoms with Gasteiger partial charge >= 0.3 is 5.97 Å². The van der Waals surface area contributed by atoms with Crippen molar-refractivity contribution in [2.45, 2.75) is 123 Å². The molecular weight excluding hydrogens is 442 g/mol. The van der Waals surface area contributed by atoms with Gasteiger partial charge < -0.3 is 15.2 Å². The summed E-state index contributed by atoms with van der Waals surface area (Å²) >= 11 is 0. The number of hydrogen-bond donors (Lipinski definition) is 1. The molecule has 0 aromatic heterocycles. The Labute approximate surface area is 212 Å². The lowest BCUT2D eigenvalue weighted by atomic mass is 9.96. The van der Waals surface area contributed by atoms with Crippen LogP contribution in [-0.4, -0.2) is 29.9 Å². The number of hydrogen-bond acceptors (Lipinski definition) is 5. The standard InChI is InChI=1S/C29H47NO5/c1-5-7-9-11-13-14-16-22(3)27(29(33)34-23(4)28(30)32)35-25-20-18-24(19-21-25)26(31)17-15-12-10-8-6-2/h18-23,27H,5-17H2,1-4H3,(H2,30,32)/t22?,23-,27?/m0/s1. The van der Waals surface area contributed by atoms with Crippen molar-refractivity contribution in [3.05, 3.63) is 29.8 Å². The van der Waals surface area contributed by atoms with Crippen LogP contribution < -0.4 is 10.5 Å².